The van der Waals surface area contributed by atoms with Gasteiger partial charge in [0.05, 0.1) is 43.8 Å². The summed E-state index contributed by atoms with van der Waals surface area (Å²) in [4.78, 5) is 10.3. The van der Waals surface area contributed by atoms with Crippen LogP contribution in [0.3, 0.4) is 0 Å². The predicted octanol–water partition coefficient (Wildman–Crippen LogP) is 14.0. The van der Waals surface area contributed by atoms with Gasteiger partial charge in [0.1, 0.15) is 0 Å². The van der Waals surface area contributed by atoms with E-state index in [0.29, 0.717) is 0 Å². The van der Waals surface area contributed by atoms with Crippen molar-refractivity contribution >= 4 is 75.1 Å². The molecule has 0 atom stereocenters. The highest BCUT2D eigenvalue weighted by Crippen LogP contribution is 2.46. The van der Waals surface area contributed by atoms with Gasteiger partial charge in [-0.1, -0.05) is 152 Å². The Kier molecular flexibility index (Phi) is 7.06. The van der Waals surface area contributed by atoms with Crippen LogP contribution in [-0.4, -0.2) is 19.1 Å². The zero-order valence-electron chi connectivity index (χ0n) is 30.7. The van der Waals surface area contributed by atoms with E-state index in [1.165, 1.54) is 69.5 Å². The number of nitrogens with zero attached hydrogens (tertiary/aromatic N) is 4. The first-order valence-corrected chi connectivity index (χ1v) is 20.1. The van der Waals surface area contributed by atoms with Crippen molar-refractivity contribution in [1.29, 1.82) is 0 Å². The molecule has 0 aliphatic heterocycles. The maximum atomic E-state index is 5.25. The fourth-order valence-electron chi connectivity index (χ4n) is 8.86. The summed E-state index contributed by atoms with van der Waals surface area (Å²) in [6.07, 6.45) is 0. The van der Waals surface area contributed by atoms with Crippen molar-refractivity contribution in [3.63, 3.8) is 0 Å². The summed E-state index contributed by atoms with van der Waals surface area (Å²) in [5, 5.41) is 7.44. The standard InChI is InChI=1S/C52H32N4S/c1-4-16-33(17-5-1)42-32-43(54-52(53-42)34-18-6-2-7-19-34)40-26-14-24-38-39-25-15-29-47(51(39)57-50(38)40)56-44-27-12-10-22-36(44)37-30-31-46-48(49(37)56)41-23-11-13-28-45(41)55(46)35-20-8-3-9-21-35/h1-32H. The molecule has 0 amide bonds. The number of para-hydroxylation sites is 3. The Morgan fingerprint density at radius 1 is 0.386 bits per heavy atom. The second kappa shape index (κ2) is 12.6. The second-order valence-corrected chi connectivity index (χ2v) is 15.5. The van der Waals surface area contributed by atoms with E-state index in [2.05, 4.69) is 179 Å². The number of hydrogen-bond donors (Lipinski definition) is 0. The van der Waals surface area contributed by atoms with E-state index in [1.807, 2.05) is 35.6 Å². The van der Waals surface area contributed by atoms with Crippen molar-refractivity contribution in [2.75, 3.05) is 0 Å². The average molecular weight is 745 g/mol. The minimum Gasteiger partial charge on any atom is -0.309 e. The molecule has 4 aromatic heterocycles. The van der Waals surface area contributed by atoms with Crippen molar-refractivity contribution in [2.24, 2.45) is 0 Å². The molecule has 4 heterocycles. The van der Waals surface area contributed by atoms with Gasteiger partial charge in [-0.3, -0.25) is 0 Å². The van der Waals surface area contributed by atoms with Gasteiger partial charge in [-0.25, -0.2) is 9.97 Å². The largest absolute Gasteiger partial charge is 0.309 e. The van der Waals surface area contributed by atoms with Crippen molar-refractivity contribution in [3.05, 3.63) is 194 Å². The maximum Gasteiger partial charge on any atom is 0.160 e. The van der Waals surface area contributed by atoms with Crippen LogP contribution in [0.2, 0.25) is 0 Å². The molecule has 0 aliphatic rings. The Morgan fingerprint density at radius 3 is 1.75 bits per heavy atom. The minimum atomic E-state index is 0.717. The molecule has 12 aromatic rings. The molecule has 0 fully saturated rings. The van der Waals surface area contributed by atoms with E-state index < -0.39 is 0 Å². The zero-order valence-corrected chi connectivity index (χ0v) is 31.5. The fraction of sp³-hybridized carbons (Fsp3) is 0. The summed E-state index contributed by atoms with van der Waals surface area (Å²) in [6.45, 7) is 0. The molecular weight excluding hydrogens is 713 g/mol. The minimum absolute atomic E-state index is 0.717. The highest BCUT2D eigenvalue weighted by molar-refractivity contribution is 7.26. The lowest BCUT2D eigenvalue weighted by molar-refractivity contribution is 1.18. The van der Waals surface area contributed by atoms with Crippen LogP contribution in [0.15, 0.2) is 194 Å². The Hall–Kier alpha value is -7.34. The van der Waals surface area contributed by atoms with Gasteiger partial charge >= 0.3 is 0 Å². The normalized spacial score (nSPS) is 11.9. The van der Waals surface area contributed by atoms with E-state index in [0.717, 1.165) is 39.6 Å². The van der Waals surface area contributed by atoms with E-state index in [9.17, 15) is 0 Å². The SMILES string of the molecule is c1ccc(-c2cc(-c3cccc4c3sc3c(-n5c6ccccc6c6ccc7c(c8ccccc8n7-c7ccccc7)c65)cccc34)nc(-c3ccccc3)n2)cc1. The fourth-order valence-corrected chi connectivity index (χ4v) is 10.2. The molecule has 266 valence electrons. The third kappa shape index (κ3) is 4.86. The van der Waals surface area contributed by atoms with Crippen LogP contribution in [0.4, 0.5) is 0 Å². The van der Waals surface area contributed by atoms with Crippen molar-refractivity contribution < 1.29 is 0 Å². The molecule has 0 spiro atoms. The summed E-state index contributed by atoms with van der Waals surface area (Å²) >= 11 is 1.85. The van der Waals surface area contributed by atoms with E-state index in [-0.39, 0.29) is 0 Å². The second-order valence-electron chi connectivity index (χ2n) is 14.5. The molecule has 12 rings (SSSR count). The van der Waals surface area contributed by atoms with Crippen molar-refractivity contribution in [1.82, 2.24) is 19.1 Å². The number of thiophene rings is 1. The van der Waals surface area contributed by atoms with Gasteiger partial charge in [-0.05, 0) is 42.5 Å². The highest BCUT2D eigenvalue weighted by Gasteiger charge is 2.23. The van der Waals surface area contributed by atoms with Crippen LogP contribution in [0.25, 0.3) is 109 Å². The monoisotopic (exact) mass is 744 g/mol. The lowest BCUT2D eigenvalue weighted by Crippen LogP contribution is -1.95. The van der Waals surface area contributed by atoms with Crippen molar-refractivity contribution in [2.45, 2.75) is 0 Å². The third-order valence-corrected chi connectivity index (χ3v) is 12.6. The molecular formula is C52H32N4S. The summed E-state index contributed by atoms with van der Waals surface area (Å²) < 4.78 is 7.39. The van der Waals surface area contributed by atoms with Crippen LogP contribution < -0.4 is 0 Å². The van der Waals surface area contributed by atoms with Gasteiger partial charge in [0.25, 0.3) is 0 Å². The van der Waals surface area contributed by atoms with E-state index >= 15 is 0 Å². The highest BCUT2D eigenvalue weighted by atomic mass is 32.1. The number of rotatable bonds is 5. The van der Waals surface area contributed by atoms with Gasteiger partial charge in [-0.15, -0.1) is 11.3 Å². The molecule has 57 heavy (non-hydrogen) atoms. The molecule has 0 N–H and O–H groups in total. The molecule has 0 aliphatic carbocycles. The lowest BCUT2D eigenvalue weighted by Gasteiger charge is -2.11. The van der Waals surface area contributed by atoms with Crippen molar-refractivity contribution in [3.8, 4) is 45.3 Å². The summed E-state index contributed by atoms with van der Waals surface area (Å²) in [7, 11) is 0. The first-order valence-electron chi connectivity index (χ1n) is 19.3. The zero-order chi connectivity index (χ0) is 37.5. The first kappa shape index (κ1) is 32.0. The van der Waals surface area contributed by atoms with Crippen LogP contribution in [0, 0.1) is 0 Å². The maximum absolute atomic E-state index is 5.25. The Labute approximate surface area is 332 Å². The lowest BCUT2D eigenvalue weighted by atomic mass is 10.0. The molecule has 4 nitrogen and oxygen atoms in total. The smallest absolute Gasteiger partial charge is 0.160 e. The van der Waals surface area contributed by atoms with E-state index in [1.54, 1.807) is 0 Å². The number of benzene rings is 8. The third-order valence-electron chi connectivity index (χ3n) is 11.3. The van der Waals surface area contributed by atoms with Crippen LogP contribution in [0.1, 0.15) is 0 Å². The molecule has 0 saturated heterocycles. The number of aromatic nitrogens is 4. The summed E-state index contributed by atoms with van der Waals surface area (Å²) in [5.74, 6) is 0.717. The molecule has 0 unspecified atom stereocenters. The summed E-state index contributed by atoms with van der Waals surface area (Å²) in [6, 6.07) is 69.3. The predicted molar refractivity (Wildman–Crippen MR) is 240 cm³/mol. The van der Waals surface area contributed by atoms with Crippen LogP contribution in [-0.2, 0) is 0 Å². The van der Waals surface area contributed by atoms with E-state index in [4.69, 9.17) is 9.97 Å². The van der Waals surface area contributed by atoms with Gasteiger partial charge in [0.15, 0.2) is 5.82 Å². The molecule has 8 aromatic carbocycles. The quantitative estimate of drug-likeness (QED) is 0.176. The molecule has 0 radical (unpaired) electrons. The van der Waals surface area contributed by atoms with Crippen LogP contribution >= 0.6 is 11.3 Å². The molecule has 5 heteroatoms. The Balaban J connectivity index is 1.16. The Bertz CT molecular complexity index is 3450. The average Bonchev–Trinajstić information content (AvgIpc) is 3.95. The first-order chi connectivity index (χ1) is 28.3. The molecule has 0 saturated carbocycles. The van der Waals surface area contributed by atoms with Gasteiger partial charge in [0.2, 0.25) is 0 Å². The topological polar surface area (TPSA) is 35.6 Å². The van der Waals surface area contributed by atoms with Gasteiger partial charge < -0.3 is 9.13 Å². The molecule has 0 bridgehead atoms. The number of hydrogen-bond acceptors (Lipinski definition) is 3. The van der Waals surface area contributed by atoms with Gasteiger partial charge in [0, 0.05) is 59.4 Å². The summed E-state index contributed by atoms with van der Waals surface area (Å²) in [5.41, 5.74) is 12.1. The Morgan fingerprint density at radius 2 is 0.982 bits per heavy atom. The van der Waals surface area contributed by atoms with Gasteiger partial charge in [-0.2, -0.15) is 0 Å². The number of fused-ring (bicyclic) bond motifs is 10. The van der Waals surface area contributed by atoms with Crippen LogP contribution in [0.5, 0.6) is 0 Å².